The summed E-state index contributed by atoms with van der Waals surface area (Å²) in [5.41, 5.74) is 0.302. The Hall–Kier alpha value is -1.05. The van der Waals surface area contributed by atoms with E-state index in [0.29, 0.717) is 17.7 Å². The minimum absolute atomic E-state index is 0. The van der Waals surface area contributed by atoms with E-state index in [1.165, 1.54) is 63.9 Å². The van der Waals surface area contributed by atoms with Gasteiger partial charge in [0.25, 0.3) is 10.1 Å². The van der Waals surface area contributed by atoms with Crippen molar-refractivity contribution in [2.45, 2.75) is 95.3 Å². The maximum Gasteiger partial charge on any atom is 1.00 e. The topological polar surface area (TPSA) is 86.7 Å². The summed E-state index contributed by atoms with van der Waals surface area (Å²) < 4.78 is 39.1. The van der Waals surface area contributed by atoms with Gasteiger partial charge in [0.15, 0.2) is 5.75 Å². The molecule has 7 heteroatoms. The first kappa shape index (κ1) is 30.0. The molecule has 0 amide bonds. The standard InChI is InChI=1S/C26H38O5S.Na/c1-2-3-4-5-6-7-8-9-10-11-12-16-19-23-24(27)20-21-25(32(28,29)30)26(23)31-22-17-14-13-15-18-22;/h13-15,17-18,20-21,27H,2-12,16,19H2,1H3,(H,28,29,30);/q;+1/p-1. The van der Waals surface area contributed by atoms with Gasteiger partial charge in [0.2, 0.25) is 0 Å². The average Bonchev–Trinajstić information content (AvgIpc) is 2.76. The minimum atomic E-state index is -4.51. The van der Waals surface area contributed by atoms with Crippen LogP contribution in [0.25, 0.3) is 0 Å². The zero-order chi connectivity index (χ0) is 23.2. The summed E-state index contributed by atoms with van der Waals surface area (Å²) in [5, 5.41) is 12.5. The number of rotatable bonds is 16. The second-order valence-electron chi connectivity index (χ2n) is 8.40. The maximum absolute atomic E-state index is 12.5. The molecule has 0 saturated carbocycles. The third kappa shape index (κ3) is 11.3. The molecule has 0 radical (unpaired) electrons. The molecule has 178 valence electrons. The number of hydrogen-bond donors (Lipinski definition) is 1. The largest absolute Gasteiger partial charge is 1.00 e. The molecule has 0 saturated heterocycles. The molecule has 0 bridgehead atoms. The molecule has 33 heavy (non-hydrogen) atoms. The Bertz CT molecular complexity index is 900. The Morgan fingerprint density at radius 3 is 1.82 bits per heavy atom. The van der Waals surface area contributed by atoms with Gasteiger partial charge in [0.1, 0.15) is 10.6 Å². The average molecular weight is 485 g/mol. The van der Waals surface area contributed by atoms with Gasteiger partial charge in [0.05, 0.1) is 0 Å². The summed E-state index contributed by atoms with van der Waals surface area (Å²) >= 11 is 0. The van der Waals surface area contributed by atoms with E-state index >= 15 is 0 Å². The summed E-state index contributed by atoms with van der Waals surface area (Å²) in [5.74, 6) is 0.0830. The van der Waals surface area contributed by atoms with Gasteiger partial charge in [-0.2, -0.15) is 8.42 Å². The van der Waals surface area contributed by atoms with Crippen LogP contribution in [0.3, 0.4) is 0 Å². The van der Waals surface area contributed by atoms with Crippen molar-refractivity contribution in [2.75, 3.05) is 0 Å². The second kappa shape index (κ2) is 16.6. The fourth-order valence-electron chi connectivity index (χ4n) is 3.89. The van der Waals surface area contributed by atoms with Crippen LogP contribution in [-0.2, 0) is 16.5 Å². The molecule has 0 fully saturated rings. The monoisotopic (exact) mass is 484 g/mol. The Kier molecular flexibility index (Phi) is 15.0. The van der Waals surface area contributed by atoms with Crippen molar-refractivity contribution < 1.29 is 52.4 Å². The smallest absolute Gasteiger partial charge is 0.872 e. The molecule has 5 nitrogen and oxygen atoms in total. The fourth-order valence-corrected chi connectivity index (χ4v) is 4.53. The summed E-state index contributed by atoms with van der Waals surface area (Å²) in [6, 6.07) is 11.0. The Morgan fingerprint density at radius 2 is 1.30 bits per heavy atom. The Balaban J connectivity index is 0.00000544. The molecule has 0 heterocycles. The molecular formula is C26H37NaO5S. The van der Waals surface area contributed by atoms with Crippen LogP contribution < -0.4 is 39.4 Å². The van der Waals surface area contributed by atoms with Crippen molar-refractivity contribution in [2.24, 2.45) is 0 Å². The van der Waals surface area contributed by atoms with E-state index < -0.39 is 10.1 Å². The number of para-hydroxylation sites is 1. The zero-order valence-electron chi connectivity index (χ0n) is 20.2. The van der Waals surface area contributed by atoms with E-state index in [-0.39, 0.29) is 46.0 Å². The van der Waals surface area contributed by atoms with Crippen LogP contribution >= 0.6 is 0 Å². The molecule has 0 atom stereocenters. The van der Waals surface area contributed by atoms with Gasteiger partial charge in [-0.15, -0.1) is 5.75 Å². The first-order chi connectivity index (χ1) is 15.4. The molecule has 2 aromatic carbocycles. The second-order valence-corrected chi connectivity index (χ2v) is 9.79. The van der Waals surface area contributed by atoms with Gasteiger partial charge in [-0.1, -0.05) is 102 Å². The van der Waals surface area contributed by atoms with Gasteiger partial charge in [-0.3, -0.25) is 4.55 Å². The third-order valence-corrected chi connectivity index (χ3v) is 6.58. The summed E-state index contributed by atoms with van der Waals surface area (Å²) in [7, 11) is -4.51. The van der Waals surface area contributed by atoms with Crippen LogP contribution in [0.15, 0.2) is 47.4 Å². The summed E-state index contributed by atoms with van der Waals surface area (Å²) in [6.07, 6.45) is 14.9. The van der Waals surface area contributed by atoms with Crippen molar-refractivity contribution in [3.8, 4) is 17.2 Å². The fraction of sp³-hybridized carbons (Fsp3) is 0.538. The van der Waals surface area contributed by atoms with Crippen LogP contribution in [0.2, 0.25) is 0 Å². The number of ether oxygens (including phenoxy) is 1. The van der Waals surface area contributed by atoms with Crippen molar-refractivity contribution in [3.63, 3.8) is 0 Å². The molecule has 0 aliphatic rings. The Labute approximate surface area is 222 Å². The molecule has 0 aliphatic heterocycles. The van der Waals surface area contributed by atoms with Crippen LogP contribution in [0.5, 0.6) is 17.2 Å². The summed E-state index contributed by atoms with van der Waals surface area (Å²) in [6.45, 7) is 2.24. The van der Waals surface area contributed by atoms with Crippen LogP contribution in [0, 0.1) is 0 Å². The van der Waals surface area contributed by atoms with Gasteiger partial charge in [-0.25, -0.2) is 0 Å². The van der Waals surface area contributed by atoms with E-state index in [1.54, 1.807) is 24.3 Å². The van der Waals surface area contributed by atoms with E-state index in [1.807, 2.05) is 6.07 Å². The van der Waals surface area contributed by atoms with Gasteiger partial charge < -0.3 is 9.84 Å². The molecule has 2 aromatic rings. The Morgan fingerprint density at radius 1 is 0.788 bits per heavy atom. The van der Waals surface area contributed by atoms with Gasteiger partial charge >= 0.3 is 29.6 Å². The molecule has 0 unspecified atom stereocenters. The van der Waals surface area contributed by atoms with Crippen molar-refractivity contribution in [1.29, 1.82) is 0 Å². The predicted octanol–water partition coefficient (Wildman–Crippen LogP) is 4.05. The molecule has 0 spiro atoms. The van der Waals surface area contributed by atoms with Crippen LogP contribution in [-0.4, -0.2) is 13.0 Å². The predicted molar refractivity (Wildman–Crippen MR) is 127 cm³/mol. The van der Waals surface area contributed by atoms with Crippen LogP contribution in [0.4, 0.5) is 0 Å². The van der Waals surface area contributed by atoms with Crippen molar-refractivity contribution in [1.82, 2.24) is 0 Å². The maximum atomic E-state index is 12.5. The molecular weight excluding hydrogens is 447 g/mol. The van der Waals surface area contributed by atoms with Crippen molar-refractivity contribution in [3.05, 3.63) is 48.0 Å². The number of unbranched alkanes of at least 4 members (excludes halogenated alkanes) is 11. The molecule has 0 aliphatic carbocycles. The van der Waals surface area contributed by atoms with Gasteiger partial charge in [0, 0.05) is 0 Å². The minimum Gasteiger partial charge on any atom is -0.872 e. The van der Waals surface area contributed by atoms with E-state index in [4.69, 9.17) is 4.74 Å². The van der Waals surface area contributed by atoms with Crippen molar-refractivity contribution >= 4 is 10.1 Å². The van der Waals surface area contributed by atoms with E-state index in [9.17, 15) is 18.1 Å². The first-order valence-corrected chi connectivity index (χ1v) is 13.4. The van der Waals surface area contributed by atoms with E-state index in [0.717, 1.165) is 25.3 Å². The number of hydrogen-bond acceptors (Lipinski definition) is 4. The number of benzene rings is 2. The first-order valence-electron chi connectivity index (χ1n) is 12.0. The third-order valence-electron chi connectivity index (χ3n) is 5.70. The van der Waals surface area contributed by atoms with E-state index in [2.05, 4.69) is 6.92 Å². The normalized spacial score (nSPS) is 11.2. The SMILES string of the molecule is CCCCCCCCCCCCCCc1c([O-])ccc(S(=O)(=O)O)c1Oc1ccccc1.[Na+]. The molecule has 1 N–H and O–H groups in total. The quantitative estimate of drug-likeness (QED) is 0.221. The molecule has 2 rings (SSSR count). The zero-order valence-corrected chi connectivity index (χ0v) is 23.0. The summed E-state index contributed by atoms with van der Waals surface area (Å²) in [4.78, 5) is -0.366. The molecule has 0 aromatic heterocycles. The van der Waals surface area contributed by atoms with Gasteiger partial charge in [-0.05, 0) is 36.6 Å². The van der Waals surface area contributed by atoms with Crippen LogP contribution in [0.1, 0.15) is 89.5 Å².